The molecule has 0 unspecified atom stereocenters. The lowest BCUT2D eigenvalue weighted by Gasteiger charge is -2.14. The summed E-state index contributed by atoms with van der Waals surface area (Å²) in [5, 5.41) is 6.38. The Kier molecular flexibility index (Phi) is 4.18. The number of aromatic nitrogens is 2. The molecule has 5 nitrogen and oxygen atoms in total. The predicted molar refractivity (Wildman–Crippen MR) is 77.2 cm³/mol. The summed E-state index contributed by atoms with van der Waals surface area (Å²) in [6.07, 6.45) is 2.39. The second-order valence-electron chi connectivity index (χ2n) is 3.98. The van der Waals surface area contributed by atoms with E-state index in [0.717, 1.165) is 35.1 Å². The lowest BCUT2D eigenvalue weighted by Crippen LogP contribution is -2.05. The zero-order valence-electron chi connectivity index (χ0n) is 11.4. The summed E-state index contributed by atoms with van der Waals surface area (Å²) >= 11 is 0. The Morgan fingerprint density at radius 1 is 1.16 bits per heavy atom. The first kappa shape index (κ1) is 13.1. The number of methoxy groups -OCH3 is 1. The van der Waals surface area contributed by atoms with E-state index in [1.54, 1.807) is 13.4 Å². The fourth-order valence-corrected chi connectivity index (χ4v) is 1.95. The van der Waals surface area contributed by atoms with Gasteiger partial charge in [-0.2, -0.15) is 0 Å². The Morgan fingerprint density at radius 3 is 2.58 bits per heavy atom. The minimum Gasteiger partial charge on any atom is -0.495 e. The van der Waals surface area contributed by atoms with Gasteiger partial charge in [0.2, 0.25) is 0 Å². The van der Waals surface area contributed by atoms with Crippen LogP contribution in [-0.4, -0.2) is 24.1 Å². The highest BCUT2D eigenvalue weighted by molar-refractivity contribution is 5.68. The van der Waals surface area contributed by atoms with Gasteiger partial charge in [0.05, 0.1) is 12.8 Å². The van der Waals surface area contributed by atoms with E-state index in [1.165, 1.54) is 0 Å². The maximum Gasteiger partial charge on any atom is 0.142 e. The number of benzene rings is 1. The minimum absolute atomic E-state index is 0.786. The van der Waals surface area contributed by atoms with E-state index >= 15 is 0 Å². The van der Waals surface area contributed by atoms with Crippen LogP contribution in [0.1, 0.15) is 12.5 Å². The van der Waals surface area contributed by atoms with Crippen molar-refractivity contribution in [2.24, 2.45) is 0 Å². The number of anilines is 3. The van der Waals surface area contributed by atoms with E-state index in [0.29, 0.717) is 0 Å². The number of hydrogen-bond acceptors (Lipinski definition) is 5. The lowest BCUT2D eigenvalue weighted by atomic mass is 10.2. The molecule has 1 aromatic carbocycles. The van der Waals surface area contributed by atoms with Gasteiger partial charge in [-0.3, -0.25) is 0 Å². The lowest BCUT2D eigenvalue weighted by molar-refractivity contribution is 0.417. The highest BCUT2D eigenvalue weighted by Gasteiger charge is 2.10. The Labute approximate surface area is 113 Å². The Bertz CT molecular complexity index is 557. The van der Waals surface area contributed by atoms with Gasteiger partial charge < -0.3 is 15.4 Å². The van der Waals surface area contributed by atoms with Crippen molar-refractivity contribution in [3.63, 3.8) is 0 Å². The third kappa shape index (κ3) is 2.76. The molecule has 5 heteroatoms. The molecular formula is C14H18N4O. The maximum atomic E-state index is 5.33. The summed E-state index contributed by atoms with van der Waals surface area (Å²) < 4.78 is 5.33. The zero-order chi connectivity index (χ0) is 13.7. The van der Waals surface area contributed by atoms with Crippen molar-refractivity contribution in [2.75, 3.05) is 24.8 Å². The van der Waals surface area contributed by atoms with E-state index < -0.39 is 0 Å². The SMILES string of the molecule is CCc1c(NC)ncnc1Nc1ccccc1OC. The van der Waals surface area contributed by atoms with Crippen LogP contribution >= 0.6 is 0 Å². The molecule has 1 aromatic heterocycles. The molecule has 0 bridgehead atoms. The molecule has 19 heavy (non-hydrogen) atoms. The van der Waals surface area contributed by atoms with Crippen LogP contribution in [0.2, 0.25) is 0 Å². The average molecular weight is 258 g/mol. The van der Waals surface area contributed by atoms with E-state index in [9.17, 15) is 0 Å². The van der Waals surface area contributed by atoms with Gasteiger partial charge in [-0.15, -0.1) is 0 Å². The highest BCUT2D eigenvalue weighted by atomic mass is 16.5. The molecule has 1 heterocycles. The van der Waals surface area contributed by atoms with Crippen molar-refractivity contribution in [3.05, 3.63) is 36.2 Å². The number of nitrogens with zero attached hydrogens (tertiary/aromatic N) is 2. The van der Waals surface area contributed by atoms with Gasteiger partial charge in [0.1, 0.15) is 23.7 Å². The summed E-state index contributed by atoms with van der Waals surface area (Å²) in [6, 6.07) is 7.76. The van der Waals surface area contributed by atoms with Gasteiger partial charge in [0.15, 0.2) is 0 Å². The van der Waals surface area contributed by atoms with Crippen LogP contribution in [0.25, 0.3) is 0 Å². The van der Waals surface area contributed by atoms with Gasteiger partial charge in [-0.1, -0.05) is 19.1 Å². The minimum atomic E-state index is 0.786. The van der Waals surface area contributed by atoms with Crippen LogP contribution in [0.5, 0.6) is 5.75 Å². The fraction of sp³-hybridized carbons (Fsp3) is 0.286. The van der Waals surface area contributed by atoms with E-state index in [4.69, 9.17) is 4.74 Å². The van der Waals surface area contributed by atoms with Crippen molar-refractivity contribution < 1.29 is 4.74 Å². The molecule has 0 amide bonds. The topological polar surface area (TPSA) is 59.1 Å². The Hall–Kier alpha value is -2.30. The first-order valence-electron chi connectivity index (χ1n) is 6.21. The second-order valence-corrected chi connectivity index (χ2v) is 3.98. The molecule has 2 rings (SSSR count). The standard InChI is InChI=1S/C14H18N4O/c1-4-10-13(15-2)16-9-17-14(10)18-11-7-5-6-8-12(11)19-3/h5-9H,4H2,1-3H3,(H2,15,16,17,18). The molecule has 0 aliphatic rings. The molecule has 0 atom stereocenters. The second kappa shape index (κ2) is 6.04. The Balaban J connectivity index is 2.38. The van der Waals surface area contributed by atoms with Crippen LogP contribution in [0, 0.1) is 0 Å². The largest absolute Gasteiger partial charge is 0.495 e. The number of para-hydroxylation sites is 2. The van der Waals surface area contributed by atoms with Crippen LogP contribution in [0.4, 0.5) is 17.3 Å². The molecule has 0 aliphatic heterocycles. The van der Waals surface area contributed by atoms with Crippen LogP contribution in [-0.2, 0) is 6.42 Å². The first-order valence-corrected chi connectivity index (χ1v) is 6.21. The molecular weight excluding hydrogens is 240 g/mol. The monoisotopic (exact) mass is 258 g/mol. The summed E-state index contributed by atoms with van der Waals surface area (Å²) in [4.78, 5) is 8.53. The Morgan fingerprint density at radius 2 is 1.89 bits per heavy atom. The van der Waals surface area contributed by atoms with Crippen molar-refractivity contribution in [1.82, 2.24) is 9.97 Å². The van der Waals surface area contributed by atoms with Crippen molar-refractivity contribution >= 4 is 17.3 Å². The summed E-state index contributed by atoms with van der Waals surface area (Å²) in [6.45, 7) is 2.08. The molecule has 0 aliphatic carbocycles. The van der Waals surface area contributed by atoms with Gasteiger partial charge in [-0.25, -0.2) is 9.97 Å². The first-order chi connectivity index (χ1) is 9.30. The molecule has 100 valence electrons. The van der Waals surface area contributed by atoms with Crippen molar-refractivity contribution in [2.45, 2.75) is 13.3 Å². The predicted octanol–water partition coefficient (Wildman–Crippen LogP) is 2.83. The molecule has 2 aromatic rings. The number of rotatable bonds is 5. The van der Waals surface area contributed by atoms with Crippen LogP contribution < -0.4 is 15.4 Å². The third-order valence-corrected chi connectivity index (χ3v) is 2.90. The summed E-state index contributed by atoms with van der Waals surface area (Å²) in [7, 11) is 3.51. The summed E-state index contributed by atoms with van der Waals surface area (Å²) in [5.74, 6) is 2.43. The third-order valence-electron chi connectivity index (χ3n) is 2.90. The van der Waals surface area contributed by atoms with E-state index in [-0.39, 0.29) is 0 Å². The zero-order valence-corrected chi connectivity index (χ0v) is 11.4. The number of hydrogen-bond donors (Lipinski definition) is 2. The molecule has 0 fully saturated rings. The van der Waals surface area contributed by atoms with Crippen LogP contribution in [0.15, 0.2) is 30.6 Å². The maximum absolute atomic E-state index is 5.33. The molecule has 0 saturated heterocycles. The van der Waals surface area contributed by atoms with Gasteiger partial charge in [-0.05, 0) is 18.6 Å². The number of nitrogens with one attached hydrogen (secondary N) is 2. The average Bonchev–Trinajstić information content (AvgIpc) is 2.47. The van der Waals surface area contributed by atoms with E-state index in [1.807, 2.05) is 31.3 Å². The molecule has 0 saturated carbocycles. The van der Waals surface area contributed by atoms with Crippen molar-refractivity contribution in [1.29, 1.82) is 0 Å². The van der Waals surface area contributed by atoms with Gasteiger partial charge >= 0.3 is 0 Å². The van der Waals surface area contributed by atoms with Gasteiger partial charge in [0.25, 0.3) is 0 Å². The number of ether oxygens (including phenoxy) is 1. The van der Waals surface area contributed by atoms with Crippen LogP contribution in [0.3, 0.4) is 0 Å². The highest BCUT2D eigenvalue weighted by Crippen LogP contribution is 2.29. The quantitative estimate of drug-likeness (QED) is 0.863. The summed E-state index contributed by atoms with van der Waals surface area (Å²) in [5.41, 5.74) is 1.94. The molecule has 2 N–H and O–H groups in total. The van der Waals surface area contributed by atoms with E-state index in [2.05, 4.69) is 27.5 Å². The molecule has 0 spiro atoms. The van der Waals surface area contributed by atoms with Gasteiger partial charge in [0, 0.05) is 12.6 Å². The van der Waals surface area contributed by atoms with Crippen molar-refractivity contribution in [3.8, 4) is 5.75 Å². The normalized spacial score (nSPS) is 10.1. The smallest absolute Gasteiger partial charge is 0.142 e. The molecule has 0 radical (unpaired) electrons. The fourth-order valence-electron chi connectivity index (χ4n) is 1.95.